The van der Waals surface area contributed by atoms with Gasteiger partial charge in [0.25, 0.3) is 11.8 Å². The van der Waals surface area contributed by atoms with Gasteiger partial charge in [0.05, 0.1) is 18.4 Å². The third kappa shape index (κ3) is 5.54. The van der Waals surface area contributed by atoms with Gasteiger partial charge in [0.2, 0.25) is 5.91 Å². The summed E-state index contributed by atoms with van der Waals surface area (Å²) in [6.07, 6.45) is 1.41. The van der Waals surface area contributed by atoms with Gasteiger partial charge in [-0.3, -0.25) is 14.4 Å². The number of carbonyl (C=O) groups excluding carboxylic acids is 3. The molecule has 0 unspecified atom stereocenters. The second-order valence-electron chi connectivity index (χ2n) is 6.51. The van der Waals surface area contributed by atoms with Gasteiger partial charge in [0.15, 0.2) is 0 Å². The van der Waals surface area contributed by atoms with E-state index < -0.39 is 5.82 Å². The fraction of sp³-hybridized carbons (Fsp3) is 0.136. The van der Waals surface area contributed by atoms with E-state index in [1.807, 2.05) is 0 Å². The van der Waals surface area contributed by atoms with Crippen molar-refractivity contribution in [2.45, 2.75) is 13.5 Å². The lowest BCUT2D eigenvalue weighted by molar-refractivity contribution is -0.120. The zero-order valence-electron chi connectivity index (χ0n) is 16.2. The Hall–Kier alpha value is -3.94. The SMILES string of the molecule is Cc1occc1C(=O)NCC(=O)NCc1cccc(NC(=O)c2ccc(F)cc2)c1. The molecule has 1 aromatic heterocycles. The molecule has 3 amide bonds. The highest BCUT2D eigenvalue weighted by Crippen LogP contribution is 2.13. The van der Waals surface area contributed by atoms with E-state index >= 15 is 0 Å². The number of hydrogen-bond acceptors (Lipinski definition) is 4. The van der Waals surface area contributed by atoms with Crippen molar-refractivity contribution in [3.05, 3.63) is 89.1 Å². The topological polar surface area (TPSA) is 100 Å². The van der Waals surface area contributed by atoms with Gasteiger partial charge < -0.3 is 20.4 Å². The number of anilines is 1. The summed E-state index contributed by atoms with van der Waals surface area (Å²) in [6.45, 7) is 1.71. The van der Waals surface area contributed by atoms with Gasteiger partial charge in [-0.25, -0.2) is 4.39 Å². The standard InChI is InChI=1S/C22H20FN3O4/c1-14-19(9-10-30-14)22(29)25-13-20(27)24-12-15-3-2-4-18(11-15)26-21(28)16-5-7-17(23)8-6-16/h2-11H,12-13H2,1H3,(H,24,27)(H,25,29)(H,26,28). The van der Waals surface area contributed by atoms with E-state index in [1.165, 1.54) is 36.6 Å². The fourth-order valence-electron chi connectivity index (χ4n) is 2.70. The third-order valence-corrected chi connectivity index (χ3v) is 4.29. The zero-order valence-corrected chi connectivity index (χ0v) is 16.2. The van der Waals surface area contributed by atoms with Crippen LogP contribution in [-0.2, 0) is 11.3 Å². The van der Waals surface area contributed by atoms with Crippen LogP contribution in [0.3, 0.4) is 0 Å². The molecule has 3 aromatic rings. The Morgan fingerprint density at radius 2 is 1.73 bits per heavy atom. The number of furan rings is 1. The molecule has 2 aromatic carbocycles. The van der Waals surface area contributed by atoms with Crippen LogP contribution < -0.4 is 16.0 Å². The smallest absolute Gasteiger partial charge is 0.255 e. The Bertz CT molecular complexity index is 1060. The van der Waals surface area contributed by atoms with Crippen LogP contribution in [0.5, 0.6) is 0 Å². The Labute approximate surface area is 172 Å². The molecule has 0 fully saturated rings. The predicted molar refractivity (Wildman–Crippen MR) is 108 cm³/mol. The van der Waals surface area contributed by atoms with E-state index in [-0.39, 0.29) is 30.8 Å². The third-order valence-electron chi connectivity index (χ3n) is 4.29. The van der Waals surface area contributed by atoms with Gasteiger partial charge >= 0.3 is 0 Å². The fourth-order valence-corrected chi connectivity index (χ4v) is 2.70. The van der Waals surface area contributed by atoms with Crippen LogP contribution >= 0.6 is 0 Å². The largest absolute Gasteiger partial charge is 0.469 e. The van der Waals surface area contributed by atoms with Crippen molar-refractivity contribution in [3.8, 4) is 0 Å². The molecule has 3 N–H and O–H groups in total. The zero-order chi connectivity index (χ0) is 21.5. The highest BCUT2D eigenvalue weighted by Gasteiger charge is 2.12. The highest BCUT2D eigenvalue weighted by atomic mass is 19.1. The van der Waals surface area contributed by atoms with Crippen LogP contribution in [0, 0.1) is 12.7 Å². The van der Waals surface area contributed by atoms with Crippen molar-refractivity contribution in [3.63, 3.8) is 0 Å². The maximum absolute atomic E-state index is 13.0. The number of carbonyl (C=O) groups is 3. The Kier molecular flexibility index (Phi) is 6.59. The molecule has 154 valence electrons. The molecule has 0 aliphatic rings. The molecule has 0 spiro atoms. The number of hydrogen-bond donors (Lipinski definition) is 3. The number of halogens is 1. The van der Waals surface area contributed by atoms with Crippen LogP contribution in [0.4, 0.5) is 10.1 Å². The van der Waals surface area contributed by atoms with E-state index in [0.29, 0.717) is 22.6 Å². The minimum absolute atomic E-state index is 0.176. The molecule has 0 saturated carbocycles. The maximum atomic E-state index is 13.0. The van der Waals surface area contributed by atoms with Crippen molar-refractivity contribution < 1.29 is 23.2 Å². The summed E-state index contributed by atoms with van der Waals surface area (Å²) in [5, 5.41) is 7.95. The van der Waals surface area contributed by atoms with Gasteiger partial charge in [0.1, 0.15) is 11.6 Å². The van der Waals surface area contributed by atoms with Gasteiger partial charge in [-0.15, -0.1) is 0 Å². The molecular weight excluding hydrogens is 389 g/mol. The van der Waals surface area contributed by atoms with Crippen LogP contribution in [0.25, 0.3) is 0 Å². The van der Waals surface area contributed by atoms with E-state index in [0.717, 1.165) is 5.56 Å². The molecule has 1 heterocycles. The van der Waals surface area contributed by atoms with Gasteiger partial charge in [-0.2, -0.15) is 0 Å². The van der Waals surface area contributed by atoms with Crippen molar-refractivity contribution in [2.24, 2.45) is 0 Å². The van der Waals surface area contributed by atoms with E-state index in [9.17, 15) is 18.8 Å². The second-order valence-corrected chi connectivity index (χ2v) is 6.51. The summed E-state index contributed by atoms with van der Waals surface area (Å²) < 4.78 is 18.0. The van der Waals surface area contributed by atoms with E-state index in [2.05, 4.69) is 16.0 Å². The highest BCUT2D eigenvalue weighted by molar-refractivity contribution is 6.04. The van der Waals surface area contributed by atoms with Crippen molar-refractivity contribution in [1.29, 1.82) is 0 Å². The quantitative estimate of drug-likeness (QED) is 0.558. The van der Waals surface area contributed by atoms with E-state index in [1.54, 1.807) is 31.2 Å². The molecule has 8 heteroatoms. The molecule has 0 radical (unpaired) electrons. The molecule has 0 aliphatic carbocycles. The molecule has 0 bridgehead atoms. The summed E-state index contributed by atoms with van der Waals surface area (Å²) in [5.41, 5.74) is 2.02. The molecule has 30 heavy (non-hydrogen) atoms. The summed E-state index contributed by atoms with van der Waals surface area (Å²) >= 11 is 0. The molecule has 0 aliphatic heterocycles. The summed E-state index contributed by atoms with van der Waals surface area (Å²) in [5.74, 6) is -1.05. The first kappa shape index (κ1) is 20.8. The molecule has 0 atom stereocenters. The number of amides is 3. The van der Waals surface area contributed by atoms with Gasteiger partial charge in [-0.1, -0.05) is 12.1 Å². The minimum atomic E-state index is -0.416. The van der Waals surface area contributed by atoms with Gasteiger partial charge in [-0.05, 0) is 55.0 Å². The summed E-state index contributed by atoms with van der Waals surface area (Å²) in [7, 11) is 0. The van der Waals surface area contributed by atoms with E-state index in [4.69, 9.17) is 4.42 Å². The first-order valence-corrected chi connectivity index (χ1v) is 9.17. The molecule has 3 rings (SSSR count). The number of benzene rings is 2. The monoisotopic (exact) mass is 409 g/mol. The average molecular weight is 409 g/mol. The van der Waals surface area contributed by atoms with Crippen molar-refractivity contribution in [1.82, 2.24) is 10.6 Å². The molecule has 7 nitrogen and oxygen atoms in total. The normalized spacial score (nSPS) is 10.3. The first-order valence-electron chi connectivity index (χ1n) is 9.17. The lowest BCUT2D eigenvalue weighted by Crippen LogP contribution is -2.36. The van der Waals surface area contributed by atoms with Crippen LogP contribution in [-0.4, -0.2) is 24.3 Å². The Morgan fingerprint density at radius 1 is 0.967 bits per heavy atom. The minimum Gasteiger partial charge on any atom is -0.469 e. The van der Waals surface area contributed by atoms with Crippen molar-refractivity contribution in [2.75, 3.05) is 11.9 Å². The second kappa shape index (κ2) is 9.51. The summed E-state index contributed by atoms with van der Waals surface area (Å²) in [4.78, 5) is 36.2. The lowest BCUT2D eigenvalue weighted by atomic mass is 10.1. The maximum Gasteiger partial charge on any atom is 0.255 e. The van der Waals surface area contributed by atoms with Gasteiger partial charge in [0, 0.05) is 17.8 Å². The summed E-state index contributed by atoms with van der Waals surface area (Å²) in [6, 6.07) is 13.7. The van der Waals surface area contributed by atoms with Crippen LogP contribution in [0.2, 0.25) is 0 Å². The van der Waals surface area contributed by atoms with Crippen LogP contribution in [0.1, 0.15) is 32.0 Å². The number of aryl methyl sites for hydroxylation is 1. The number of rotatable bonds is 7. The van der Waals surface area contributed by atoms with Crippen LogP contribution in [0.15, 0.2) is 65.3 Å². The van der Waals surface area contributed by atoms with Crippen molar-refractivity contribution >= 4 is 23.4 Å². The molecular formula is C22H20FN3O4. The lowest BCUT2D eigenvalue weighted by Gasteiger charge is -2.09. The molecule has 0 saturated heterocycles. The average Bonchev–Trinajstić information content (AvgIpc) is 3.17. The predicted octanol–water partition coefficient (Wildman–Crippen LogP) is 3.03. The Balaban J connectivity index is 1.49. The first-order chi connectivity index (χ1) is 14.4. The number of nitrogens with one attached hydrogen (secondary N) is 3. The Morgan fingerprint density at radius 3 is 2.43 bits per heavy atom.